The molecular formula is C11H19N5. The van der Waals surface area contributed by atoms with Crippen LogP contribution in [0.1, 0.15) is 18.7 Å². The highest BCUT2D eigenvalue weighted by molar-refractivity contribution is 4.95. The van der Waals surface area contributed by atoms with E-state index in [9.17, 15) is 0 Å². The summed E-state index contributed by atoms with van der Waals surface area (Å²) >= 11 is 0. The van der Waals surface area contributed by atoms with Gasteiger partial charge in [0, 0.05) is 32.7 Å². The molecule has 1 N–H and O–H groups in total. The Kier molecular flexibility index (Phi) is 2.65. The lowest BCUT2D eigenvalue weighted by atomic mass is 10.1. The van der Waals surface area contributed by atoms with Crippen molar-refractivity contribution >= 4 is 0 Å². The normalized spacial score (nSPS) is 27.2. The van der Waals surface area contributed by atoms with E-state index in [0.717, 1.165) is 37.9 Å². The number of nitrogens with one attached hydrogen (secondary N) is 1. The molecule has 1 aromatic heterocycles. The van der Waals surface area contributed by atoms with Gasteiger partial charge in [0.05, 0.1) is 6.54 Å². The van der Waals surface area contributed by atoms with E-state index in [1.807, 2.05) is 11.7 Å². The lowest BCUT2D eigenvalue weighted by Gasteiger charge is -2.36. The molecule has 1 atom stereocenters. The van der Waals surface area contributed by atoms with Gasteiger partial charge >= 0.3 is 0 Å². The molecule has 1 saturated heterocycles. The molecule has 88 valence electrons. The zero-order valence-electron chi connectivity index (χ0n) is 9.76. The van der Waals surface area contributed by atoms with E-state index in [-0.39, 0.29) is 0 Å². The molecule has 5 nitrogen and oxygen atoms in total. The zero-order chi connectivity index (χ0) is 11.0. The van der Waals surface area contributed by atoms with Crippen LogP contribution >= 0.6 is 0 Å². The summed E-state index contributed by atoms with van der Waals surface area (Å²) in [6.45, 7) is 4.32. The predicted octanol–water partition coefficient (Wildman–Crippen LogP) is -0.00110. The van der Waals surface area contributed by atoms with Crippen molar-refractivity contribution in [3.8, 4) is 0 Å². The number of hydrogen-bond donors (Lipinski definition) is 1. The average Bonchev–Trinajstić information content (AvgIpc) is 3.06. The molecule has 1 unspecified atom stereocenters. The van der Waals surface area contributed by atoms with Crippen LogP contribution in [0.2, 0.25) is 0 Å². The minimum Gasteiger partial charge on any atom is -0.314 e. The van der Waals surface area contributed by atoms with Crippen molar-refractivity contribution in [2.75, 3.05) is 19.6 Å². The third kappa shape index (κ3) is 1.97. The third-order valence-corrected chi connectivity index (χ3v) is 3.71. The van der Waals surface area contributed by atoms with Gasteiger partial charge in [0.1, 0.15) is 12.2 Å². The summed E-state index contributed by atoms with van der Waals surface area (Å²) in [4.78, 5) is 6.88. The Hall–Kier alpha value is -0.940. The summed E-state index contributed by atoms with van der Waals surface area (Å²) in [5.74, 6) is 1.99. The van der Waals surface area contributed by atoms with E-state index in [2.05, 4.69) is 20.3 Å². The average molecular weight is 221 g/mol. The van der Waals surface area contributed by atoms with Gasteiger partial charge in [0.2, 0.25) is 0 Å². The van der Waals surface area contributed by atoms with Crippen LogP contribution in [0, 0.1) is 5.92 Å². The number of hydrogen-bond acceptors (Lipinski definition) is 4. The minimum atomic E-state index is 0.713. The summed E-state index contributed by atoms with van der Waals surface area (Å²) in [5, 5.41) is 7.63. The summed E-state index contributed by atoms with van der Waals surface area (Å²) in [5.41, 5.74) is 0. The lowest BCUT2D eigenvalue weighted by Crippen LogP contribution is -2.52. The van der Waals surface area contributed by atoms with E-state index in [4.69, 9.17) is 0 Å². The first-order chi connectivity index (χ1) is 7.84. The molecule has 1 aromatic rings. The van der Waals surface area contributed by atoms with Crippen molar-refractivity contribution in [1.29, 1.82) is 0 Å². The van der Waals surface area contributed by atoms with Gasteiger partial charge in [-0.2, -0.15) is 5.10 Å². The predicted molar refractivity (Wildman–Crippen MR) is 60.8 cm³/mol. The summed E-state index contributed by atoms with van der Waals surface area (Å²) in [6.07, 6.45) is 4.45. The third-order valence-electron chi connectivity index (χ3n) is 3.71. The standard InChI is InChI=1S/C11H19N5/c1-15-11(13-8-14-15)7-16-5-4-12-6-10(16)9-2-3-9/h8-10,12H,2-7H2,1H3. The van der Waals surface area contributed by atoms with Crippen LogP contribution < -0.4 is 5.32 Å². The topological polar surface area (TPSA) is 46.0 Å². The van der Waals surface area contributed by atoms with Gasteiger partial charge in [-0.05, 0) is 18.8 Å². The van der Waals surface area contributed by atoms with Gasteiger partial charge in [-0.3, -0.25) is 9.58 Å². The Bertz CT molecular complexity index is 357. The molecule has 0 aromatic carbocycles. The Morgan fingerprint density at radius 1 is 1.50 bits per heavy atom. The summed E-state index contributed by atoms with van der Waals surface area (Å²) in [6, 6.07) is 0.713. The van der Waals surface area contributed by atoms with Crippen LogP contribution in [0.5, 0.6) is 0 Å². The molecule has 0 radical (unpaired) electrons. The van der Waals surface area contributed by atoms with Gasteiger partial charge in [0.25, 0.3) is 0 Å². The Balaban J connectivity index is 1.69. The fraction of sp³-hybridized carbons (Fsp3) is 0.818. The second kappa shape index (κ2) is 4.14. The molecule has 3 rings (SSSR count). The molecule has 2 heterocycles. The Morgan fingerprint density at radius 2 is 2.38 bits per heavy atom. The highest BCUT2D eigenvalue weighted by Gasteiger charge is 2.36. The van der Waals surface area contributed by atoms with Crippen LogP contribution in [0.25, 0.3) is 0 Å². The van der Waals surface area contributed by atoms with Gasteiger partial charge in [-0.1, -0.05) is 0 Å². The first-order valence-electron chi connectivity index (χ1n) is 6.12. The van der Waals surface area contributed by atoms with Crippen molar-refractivity contribution in [2.45, 2.75) is 25.4 Å². The quantitative estimate of drug-likeness (QED) is 0.780. The highest BCUT2D eigenvalue weighted by Crippen LogP contribution is 2.36. The molecular weight excluding hydrogens is 202 g/mol. The maximum Gasteiger partial charge on any atom is 0.140 e. The van der Waals surface area contributed by atoms with Gasteiger partial charge in [-0.15, -0.1) is 0 Å². The summed E-state index contributed by atoms with van der Waals surface area (Å²) < 4.78 is 1.88. The number of aryl methyl sites for hydroxylation is 1. The maximum absolute atomic E-state index is 4.31. The first kappa shape index (κ1) is 10.2. The molecule has 16 heavy (non-hydrogen) atoms. The van der Waals surface area contributed by atoms with Crippen molar-refractivity contribution in [2.24, 2.45) is 13.0 Å². The van der Waals surface area contributed by atoms with Crippen LogP contribution in [-0.2, 0) is 13.6 Å². The van der Waals surface area contributed by atoms with Crippen LogP contribution in [-0.4, -0.2) is 45.3 Å². The van der Waals surface area contributed by atoms with Gasteiger partial charge in [-0.25, -0.2) is 4.98 Å². The fourth-order valence-electron chi connectivity index (χ4n) is 2.55. The monoisotopic (exact) mass is 221 g/mol. The number of piperazine rings is 1. The van der Waals surface area contributed by atoms with Crippen molar-refractivity contribution in [1.82, 2.24) is 25.0 Å². The van der Waals surface area contributed by atoms with Crippen molar-refractivity contribution < 1.29 is 0 Å². The number of rotatable bonds is 3. The molecule has 2 aliphatic rings. The first-order valence-corrected chi connectivity index (χ1v) is 6.12. The zero-order valence-corrected chi connectivity index (χ0v) is 9.76. The van der Waals surface area contributed by atoms with E-state index in [1.165, 1.54) is 12.8 Å². The molecule has 5 heteroatoms. The van der Waals surface area contributed by atoms with Crippen LogP contribution in [0.3, 0.4) is 0 Å². The van der Waals surface area contributed by atoms with Crippen molar-refractivity contribution in [3.63, 3.8) is 0 Å². The largest absolute Gasteiger partial charge is 0.314 e. The number of aromatic nitrogens is 3. The molecule has 1 aliphatic carbocycles. The molecule has 2 fully saturated rings. The molecule has 1 aliphatic heterocycles. The molecule has 0 spiro atoms. The maximum atomic E-state index is 4.31. The SMILES string of the molecule is Cn1ncnc1CN1CCNCC1C1CC1. The fourth-order valence-corrected chi connectivity index (χ4v) is 2.55. The highest BCUT2D eigenvalue weighted by atomic mass is 15.3. The Labute approximate surface area is 95.8 Å². The van der Waals surface area contributed by atoms with E-state index < -0.39 is 0 Å². The second-order valence-corrected chi connectivity index (χ2v) is 4.88. The van der Waals surface area contributed by atoms with Crippen LogP contribution in [0.15, 0.2) is 6.33 Å². The van der Waals surface area contributed by atoms with Crippen molar-refractivity contribution in [3.05, 3.63) is 12.2 Å². The number of nitrogens with zero attached hydrogens (tertiary/aromatic N) is 4. The molecule has 0 bridgehead atoms. The van der Waals surface area contributed by atoms with E-state index in [1.54, 1.807) is 6.33 Å². The summed E-state index contributed by atoms with van der Waals surface area (Å²) in [7, 11) is 1.97. The lowest BCUT2D eigenvalue weighted by molar-refractivity contribution is 0.130. The Morgan fingerprint density at radius 3 is 3.06 bits per heavy atom. The van der Waals surface area contributed by atoms with E-state index in [0.29, 0.717) is 6.04 Å². The van der Waals surface area contributed by atoms with Gasteiger partial charge < -0.3 is 5.32 Å². The minimum absolute atomic E-state index is 0.713. The molecule has 1 saturated carbocycles. The van der Waals surface area contributed by atoms with Gasteiger partial charge in [0.15, 0.2) is 0 Å². The smallest absolute Gasteiger partial charge is 0.140 e. The van der Waals surface area contributed by atoms with Crippen LogP contribution in [0.4, 0.5) is 0 Å². The van der Waals surface area contributed by atoms with E-state index >= 15 is 0 Å². The molecule has 0 amide bonds. The second-order valence-electron chi connectivity index (χ2n) is 4.88.